The van der Waals surface area contributed by atoms with Gasteiger partial charge in [-0.05, 0) is 17.7 Å². The maximum Gasteiger partial charge on any atom is 0.135 e. The molecule has 0 saturated heterocycles. The molecule has 2 aromatic heterocycles. The van der Waals surface area contributed by atoms with Gasteiger partial charge in [0.05, 0.1) is 0 Å². The van der Waals surface area contributed by atoms with Crippen molar-refractivity contribution in [1.82, 2.24) is 9.97 Å². The number of rotatable bonds is 2. The summed E-state index contributed by atoms with van der Waals surface area (Å²) in [5.41, 5.74) is 3.07. The number of benzene rings is 2. The van der Waals surface area contributed by atoms with Crippen molar-refractivity contribution in [2.75, 3.05) is 0 Å². The lowest BCUT2D eigenvalue weighted by molar-refractivity contribution is 0.667. The summed E-state index contributed by atoms with van der Waals surface area (Å²) in [6, 6.07) is 14.5. The van der Waals surface area contributed by atoms with Crippen molar-refractivity contribution in [2.45, 2.75) is 12.8 Å². The maximum absolute atomic E-state index is 5.93. The molecule has 0 radical (unpaired) electrons. The lowest BCUT2D eigenvalue weighted by Gasteiger charge is -2.08. The minimum atomic E-state index is 0.225. The number of aromatic amines is 1. The van der Waals surface area contributed by atoms with Crippen LogP contribution in [-0.4, -0.2) is 9.97 Å². The van der Waals surface area contributed by atoms with E-state index in [1.807, 2.05) is 24.4 Å². The van der Waals surface area contributed by atoms with Gasteiger partial charge in [-0.3, -0.25) is 0 Å². The third-order valence-corrected chi connectivity index (χ3v) is 3.83. The van der Waals surface area contributed by atoms with E-state index in [2.05, 4.69) is 41.2 Å². The van der Waals surface area contributed by atoms with Crippen molar-refractivity contribution in [1.29, 1.82) is 0 Å². The summed E-state index contributed by atoms with van der Waals surface area (Å²) in [6.45, 7) is 2.14. The zero-order chi connectivity index (χ0) is 13.5. The Balaban J connectivity index is 1.88. The van der Waals surface area contributed by atoms with Gasteiger partial charge in [-0.2, -0.15) is 0 Å². The van der Waals surface area contributed by atoms with Gasteiger partial charge in [0.15, 0.2) is 0 Å². The van der Waals surface area contributed by atoms with Crippen LogP contribution >= 0.6 is 0 Å². The number of hydrogen-bond acceptors (Lipinski definition) is 2. The van der Waals surface area contributed by atoms with Crippen molar-refractivity contribution in [3.05, 3.63) is 66.2 Å². The number of fused-ring (bicyclic) bond motifs is 3. The average Bonchev–Trinajstić information content (AvgIpc) is 3.13. The molecule has 0 saturated carbocycles. The van der Waals surface area contributed by atoms with Gasteiger partial charge in [0.25, 0.3) is 0 Å². The van der Waals surface area contributed by atoms with E-state index in [0.717, 1.165) is 22.4 Å². The Kier molecular flexibility index (Phi) is 2.39. The summed E-state index contributed by atoms with van der Waals surface area (Å²) >= 11 is 0. The fourth-order valence-corrected chi connectivity index (χ4v) is 2.68. The van der Waals surface area contributed by atoms with Gasteiger partial charge >= 0.3 is 0 Å². The van der Waals surface area contributed by atoms with Crippen molar-refractivity contribution >= 4 is 21.9 Å². The highest BCUT2D eigenvalue weighted by molar-refractivity contribution is 6.04. The molecule has 0 spiro atoms. The summed E-state index contributed by atoms with van der Waals surface area (Å²) in [6.07, 6.45) is 3.64. The van der Waals surface area contributed by atoms with Crippen molar-refractivity contribution in [3.63, 3.8) is 0 Å². The number of nitrogens with zero attached hydrogens (tertiary/aromatic N) is 1. The first-order valence-electron chi connectivity index (χ1n) is 6.73. The molecule has 1 atom stereocenters. The Morgan fingerprint density at radius 1 is 1.05 bits per heavy atom. The molecule has 2 aromatic carbocycles. The van der Waals surface area contributed by atoms with Gasteiger partial charge < -0.3 is 9.40 Å². The summed E-state index contributed by atoms with van der Waals surface area (Å²) in [5.74, 6) is 1.20. The number of hydrogen-bond donors (Lipinski definition) is 1. The first-order chi connectivity index (χ1) is 9.83. The summed E-state index contributed by atoms with van der Waals surface area (Å²) < 4.78 is 5.93. The van der Waals surface area contributed by atoms with Crippen LogP contribution in [0.3, 0.4) is 0 Å². The molecule has 0 aliphatic rings. The lowest BCUT2D eigenvalue weighted by Crippen LogP contribution is -1.97. The Bertz CT molecular complexity index is 874. The normalized spacial score (nSPS) is 13.1. The van der Waals surface area contributed by atoms with Gasteiger partial charge in [-0.1, -0.05) is 37.3 Å². The lowest BCUT2D eigenvalue weighted by atomic mass is 9.99. The van der Waals surface area contributed by atoms with Gasteiger partial charge in [0.2, 0.25) is 0 Å². The van der Waals surface area contributed by atoms with Crippen LogP contribution in [0.25, 0.3) is 21.9 Å². The van der Waals surface area contributed by atoms with Crippen molar-refractivity contribution in [2.24, 2.45) is 0 Å². The van der Waals surface area contributed by atoms with Crippen molar-refractivity contribution < 1.29 is 4.42 Å². The quantitative estimate of drug-likeness (QED) is 0.579. The van der Waals surface area contributed by atoms with Gasteiger partial charge in [-0.15, -0.1) is 0 Å². The summed E-state index contributed by atoms with van der Waals surface area (Å²) in [4.78, 5) is 7.50. The highest BCUT2D eigenvalue weighted by Crippen LogP contribution is 2.31. The second-order valence-electron chi connectivity index (χ2n) is 5.05. The van der Waals surface area contributed by atoms with Gasteiger partial charge in [-0.25, -0.2) is 4.98 Å². The van der Waals surface area contributed by atoms with E-state index >= 15 is 0 Å². The summed E-state index contributed by atoms with van der Waals surface area (Å²) in [7, 11) is 0. The van der Waals surface area contributed by atoms with Crippen LogP contribution < -0.4 is 0 Å². The first-order valence-corrected chi connectivity index (χ1v) is 6.73. The van der Waals surface area contributed by atoms with Crippen LogP contribution in [0.15, 0.2) is 59.3 Å². The predicted molar refractivity (Wildman–Crippen MR) is 79.8 cm³/mol. The minimum absolute atomic E-state index is 0.225. The molecule has 0 bridgehead atoms. The molecule has 1 unspecified atom stereocenters. The molecule has 0 aliphatic carbocycles. The standard InChI is InChI=1S/C17H14N2O/c1-11(17-18-8-9-19-17)12-6-7-14-13-4-2-3-5-15(13)20-16(14)10-12/h2-11H,1H3,(H,18,19). The van der Waals surface area contributed by atoms with Gasteiger partial charge in [0, 0.05) is 29.1 Å². The van der Waals surface area contributed by atoms with Crippen LogP contribution in [-0.2, 0) is 0 Å². The van der Waals surface area contributed by atoms with E-state index in [9.17, 15) is 0 Å². The maximum atomic E-state index is 5.93. The second-order valence-corrected chi connectivity index (χ2v) is 5.05. The zero-order valence-corrected chi connectivity index (χ0v) is 11.1. The topological polar surface area (TPSA) is 41.8 Å². The number of imidazole rings is 1. The average molecular weight is 262 g/mol. The molecule has 4 rings (SSSR count). The molecule has 3 heteroatoms. The summed E-state index contributed by atoms with van der Waals surface area (Å²) in [5, 5.41) is 2.33. The zero-order valence-electron chi connectivity index (χ0n) is 11.1. The molecule has 98 valence electrons. The molecule has 0 amide bonds. The predicted octanol–water partition coefficient (Wildman–Crippen LogP) is 4.46. The van der Waals surface area contributed by atoms with E-state index in [4.69, 9.17) is 4.42 Å². The number of furan rings is 1. The van der Waals surface area contributed by atoms with Crippen molar-refractivity contribution in [3.8, 4) is 0 Å². The van der Waals surface area contributed by atoms with E-state index in [1.54, 1.807) is 6.20 Å². The molecule has 20 heavy (non-hydrogen) atoms. The molecule has 4 aromatic rings. The number of nitrogens with one attached hydrogen (secondary N) is 1. The molecule has 3 nitrogen and oxygen atoms in total. The van der Waals surface area contributed by atoms with Crippen LogP contribution in [0.4, 0.5) is 0 Å². The largest absolute Gasteiger partial charge is 0.456 e. The van der Waals surface area contributed by atoms with E-state index < -0.39 is 0 Å². The Morgan fingerprint density at radius 3 is 2.75 bits per heavy atom. The SMILES string of the molecule is CC(c1ccc2c(c1)oc1ccccc12)c1ncc[nH]1. The third-order valence-electron chi connectivity index (χ3n) is 3.83. The Labute approximate surface area is 116 Å². The fourth-order valence-electron chi connectivity index (χ4n) is 2.68. The Morgan fingerprint density at radius 2 is 1.90 bits per heavy atom. The molecular formula is C17H14N2O. The molecule has 2 heterocycles. The van der Waals surface area contributed by atoms with E-state index in [-0.39, 0.29) is 5.92 Å². The second kappa shape index (κ2) is 4.23. The number of para-hydroxylation sites is 1. The molecule has 0 aliphatic heterocycles. The van der Waals surface area contributed by atoms with Crippen LogP contribution in [0.5, 0.6) is 0 Å². The van der Waals surface area contributed by atoms with E-state index in [0.29, 0.717) is 0 Å². The monoisotopic (exact) mass is 262 g/mol. The van der Waals surface area contributed by atoms with Crippen LogP contribution in [0, 0.1) is 0 Å². The number of aromatic nitrogens is 2. The fraction of sp³-hybridized carbons (Fsp3) is 0.118. The number of H-pyrrole nitrogens is 1. The first kappa shape index (κ1) is 11.3. The van der Waals surface area contributed by atoms with Gasteiger partial charge in [0.1, 0.15) is 17.0 Å². The highest BCUT2D eigenvalue weighted by Gasteiger charge is 2.13. The molecular weight excluding hydrogens is 248 g/mol. The Hall–Kier alpha value is -2.55. The molecule has 0 fully saturated rings. The minimum Gasteiger partial charge on any atom is -0.456 e. The van der Waals surface area contributed by atoms with Crippen LogP contribution in [0.1, 0.15) is 24.2 Å². The third kappa shape index (κ3) is 1.63. The van der Waals surface area contributed by atoms with Crippen LogP contribution in [0.2, 0.25) is 0 Å². The highest BCUT2D eigenvalue weighted by atomic mass is 16.3. The van der Waals surface area contributed by atoms with E-state index in [1.165, 1.54) is 10.9 Å². The molecule has 1 N–H and O–H groups in total. The smallest absolute Gasteiger partial charge is 0.135 e.